The highest BCUT2D eigenvalue weighted by molar-refractivity contribution is 5.43. The smallest absolute Gasteiger partial charge is 0.150 e. The number of hydrogen-bond donors (Lipinski definition) is 1. The third-order valence-electron chi connectivity index (χ3n) is 3.60. The van der Waals surface area contributed by atoms with Gasteiger partial charge in [-0.25, -0.2) is 0 Å². The first-order valence-corrected chi connectivity index (χ1v) is 6.30. The second-order valence-corrected chi connectivity index (χ2v) is 4.88. The van der Waals surface area contributed by atoms with E-state index in [9.17, 15) is 0 Å². The molecule has 0 amide bonds. The predicted molar refractivity (Wildman–Crippen MR) is 71.9 cm³/mol. The molecule has 1 aromatic heterocycles. The molecule has 0 spiro atoms. The number of nitrogen functional groups attached to an aromatic ring is 1. The lowest BCUT2D eigenvalue weighted by atomic mass is 10.1. The van der Waals surface area contributed by atoms with E-state index in [1.807, 2.05) is 11.7 Å². The summed E-state index contributed by atoms with van der Waals surface area (Å²) in [5.74, 6) is 0.685. The number of rotatable bonds is 2. The summed E-state index contributed by atoms with van der Waals surface area (Å²) in [6.45, 7) is 2.96. The number of aryl methyl sites for hydroxylation is 1. The van der Waals surface area contributed by atoms with Gasteiger partial charge in [0.25, 0.3) is 0 Å². The molecule has 2 N–H and O–H groups in total. The summed E-state index contributed by atoms with van der Waals surface area (Å²) in [5, 5.41) is 4.30. The Bertz CT molecular complexity index is 544. The molecule has 0 radical (unpaired) electrons. The van der Waals surface area contributed by atoms with E-state index in [4.69, 9.17) is 5.73 Å². The molecule has 0 saturated heterocycles. The number of hydrogen-bond acceptors (Lipinski definition) is 3. The number of nitrogens with two attached hydrogens (primary N) is 1. The standard InChI is InChI=1S/C14H18N4/c1-17-13-7-8-18(10-12(13)14(15)16-17)9-11-5-3-2-4-6-11/h2-6H,7-10H2,1H3,(H2,15,16). The Morgan fingerprint density at radius 1 is 1.28 bits per heavy atom. The van der Waals surface area contributed by atoms with E-state index in [2.05, 4.69) is 40.3 Å². The second-order valence-electron chi connectivity index (χ2n) is 4.88. The van der Waals surface area contributed by atoms with Gasteiger partial charge in [0, 0.05) is 44.4 Å². The molecular formula is C14H18N4. The van der Waals surface area contributed by atoms with E-state index in [-0.39, 0.29) is 0 Å². The molecule has 1 aliphatic rings. The van der Waals surface area contributed by atoms with Gasteiger partial charge in [0.05, 0.1) is 0 Å². The first kappa shape index (κ1) is 11.3. The molecule has 0 saturated carbocycles. The molecule has 1 aromatic carbocycles. The maximum absolute atomic E-state index is 5.96. The van der Waals surface area contributed by atoms with Crippen molar-refractivity contribution in [3.63, 3.8) is 0 Å². The zero-order chi connectivity index (χ0) is 12.5. The molecular weight excluding hydrogens is 224 g/mol. The lowest BCUT2D eigenvalue weighted by Gasteiger charge is -2.27. The van der Waals surface area contributed by atoms with E-state index in [0.717, 1.165) is 26.1 Å². The average molecular weight is 242 g/mol. The molecule has 0 atom stereocenters. The van der Waals surface area contributed by atoms with Gasteiger partial charge >= 0.3 is 0 Å². The Kier molecular flexibility index (Phi) is 2.80. The van der Waals surface area contributed by atoms with Crippen molar-refractivity contribution in [1.29, 1.82) is 0 Å². The van der Waals surface area contributed by atoms with Gasteiger partial charge in [0.1, 0.15) is 5.82 Å². The first-order valence-electron chi connectivity index (χ1n) is 6.30. The highest BCUT2D eigenvalue weighted by Gasteiger charge is 2.22. The summed E-state index contributed by atoms with van der Waals surface area (Å²) in [6, 6.07) is 10.6. The summed E-state index contributed by atoms with van der Waals surface area (Å²) in [5.41, 5.74) is 9.81. The Hall–Kier alpha value is -1.81. The molecule has 0 aliphatic carbocycles. The maximum atomic E-state index is 5.96. The molecule has 94 valence electrons. The van der Waals surface area contributed by atoms with Crippen LogP contribution in [0.5, 0.6) is 0 Å². The van der Waals surface area contributed by atoms with Crippen LogP contribution in [0.25, 0.3) is 0 Å². The van der Waals surface area contributed by atoms with Gasteiger partial charge in [-0.15, -0.1) is 0 Å². The van der Waals surface area contributed by atoms with Gasteiger partial charge in [0.2, 0.25) is 0 Å². The summed E-state index contributed by atoms with van der Waals surface area (Å²) in [6.07, 6.45) is 1.03. The van der Waals surface area contributed by atoms with Crippen molar-refractivity contribution in [1.82, 2.24) is 14.7 Å². The van der Waals surface area contributed by atoms with E-state index < -0.39 is 0 Å². The highest BCUT2D eigenvalue weighted by atomic mass is 15.3. The quantitative estimate of drug-likeness (QED) is 0.869. The predicted octanol–water partition coefficient (Wildman–Crippen LogP) is 1.56. The number of benzene rings is 1. The van der Waals surface area contributed by atoms with Crippen LogP contribution in [0.3, 0.4) is 0 Å². The van der Waals surface area contributed by atoms with Gasteiger partial charge < -0.3 is 5.73 Å². The van der Waals surface area contributed by atoms with Crippen LogP contribution >= 0.6 is 0 Å². The van der Waals surface area contributed by atoms with Gasteiger partial charge in [-0.05, 0) is 5.56 Å². The monoisotopic (exact) mass is 242 g/mol. The zero-order valence-corrected chi connectivity index (χ0v) is 10.6. The Balaban J connectivity index is 1.77. The summed E-state index contributed by atoms with van der Waals surface area (Å²) in [7, 11) is 1.97. The van der Waals surface area contributed by atoms with E-state index in [0.29, 0.717) is 5.82 Å². The van der Waals surface area contributed by atoms with Crippen molar-refractivity contribution in [2.75, 3.05) is 12.3 Å². The fraction of sp³-hybridized carbons (Fsp3) is 0.357. The van der Waals surface area contributed by atoms with Crippen LogP contribution in [0.1, 0.15) is 16.8 Å². The largest absolute Gasteiger partial charge is 0.382 e. The summed E-state index contributed by atoms with van der Waals surface area (Å²) in [4.78, 5) is 2.43. The minimum absolute atomic E-state index is 0.685. The zero-order valence-electron chi connectivity index (χ0n) is 10.6. The minimum atomic E-state index is 0.685. The number of anilines is 1. The van der Waals surface area contributed by atoms with E-state index in [1.165, 1.54) is 16.8 Å². The molecule has 2 heterocycles. The molecule has 4 nitrogen and oxygen atoms in total. The molecule has 0 bridgehead atoms. The molecule has 4 heteroatoms. The molecule has 3 rings (SSSR count). The van der Waals surface area contributed by atoms with Crippen LogP contribution in [0, 0.1) is 0 Å². The molecule has 2 aromatic rings. The Labute approximate surface area is 107 Å². The van der Waals surface area contributed by atoms with Crippen LogP contribution in [0.2, 0.25) is 0 Å². The highest BCUT2D eigenvalue weighted by Crippen LogP contribution is 2.24. The number of fused-ring (bicyclic) bond motifs is 1. The summed E-state index contributed by atoms with van der Waals surface area (Å²) >= 11 is 0. The van der Waals surface area contributed by atoms with Gasteiger partial charge in [-0.1, -0.05) is 30.3 Å². The Morgan fingerprint density at radius 3 is 2.83 bits per heavy atom. The Morgan fingerprint density at radius 2 is 2.06 bits per heavy atom. The van der Waals surface area contributed by atoms with E-state index in [1.54, 1.807) is 0 Å². The van der Waals surface area contributed by atoms with Gasteiger partial charge in [0.15, 0.2) is 0 Å². The fourth-order valence-electron chi connectivity index (χ4n) is 2.65. The van der Waals surface area contributed by atoms with Crippen LogP contribution in [0.4, 0.5) is 5.82 Å². The van der Waals surface area contributed by atoms with Crippen molar-refractivity contribution in [3.05, 3.63) is 47.2 Å². The molecule has 0 unspecified atom stereocenters. The van der Waals surface area contributed by atoms with Crippen LogP contribution in [-0.4, -0.2) is 21.2 Å². The van der Waals surface area contributed by atoms with Crippen molar-refractivity contribution in [2.24, 2.45) is 7.05 Å². The normalized spacial score (nSPS) is 15.6. The average Bonchev–Trinajstić information content (AvgIpc) is 2.66. The maximum Gasteiger partial charge on any atom is 0.150 e. The lowest BCUT2D eigenvalue weighted by Crippen LogP contribution is -2.30. The second kappa shape index (κ2) is 4.46. The van der Waals surface area contributed by atoms with Crippen molar-refractivity contribution in [3.8, 4) is 0 Å². The first-order chi connectivity index (χ1) is 8.74. The lowest BCUT2D eigenvalue weighted by molar-refractivity contribution is 0.243. The van der Waals surface area contributed by atoms with Gasteiger partial charge in [-0.3, -0.25) is 9.58 Å². The molecule has 1 aliphatic heterocycles. The minimum Gasteiger partial charge on any atom is -0.382 e. The number of aromatic nitrogens is 2. The fourth-order valence-corrected chi connectivity index (χ4v) is 2.65. The summed E-state index contributed by atoms with van der Waals surface area (Å²) < 4.78 is 1.92. The third-order valence-corrected chi connectivity index (χ3v) is 3.60. The SMILES string of the molecule is Cn1nc(N)c2c1CCN(Cc1ccccc1)C2. The van der Waals surface area contributed by atoms with E-state index >= 15 is 0 Å². The molecule has 18 heavy (non-hydrogen) atoms. The topological polar surface area (TPSA) is 47.1 Å². The third kappa shape index (κ3) is 1.99. The van der Waals surface area contributed by atoms with Crippen LogP contribution in [0.15, 0.2) is 30.3 Å². The van der Waals surface area contributed by atoms with Gasteiger partial charge in [-0.2, -0.15) is 5.10 Å². The van der Waals surface area contributed by atoms with Crippen molar-refractivity contribution >= 4 is 5.82 Å². The number of nitrogens with zero attached hydrogens (tertiary/aromatic N) is 3. The van der Waals surface area contributed by atoms with Crippen LogP contribution in [-0.2, 0) is 26.6 Å². The van der Waals surface area contributed by atoms with Crippen LogP contribution < -0.4 is 5.73 Å². The molecule has 0 fully saturated rings. The van der Waals surface area contributed by atoms with Crippen molar-refractivity contribution < 1.29 is 0 Å². The van der Waals surface area contributed by atoms with Crippen molar-refractivity contribution in [2.45, 2.75) is 19.5 Å².